The first-order chi connectivity index (χ1) is 10.4. The molecule has 22 heavy (non-hydrogen) atoms. The number of anilines is 2. The zero-order chi connectivity index (χ0) is 15.7. The predicted octanol–water partition coefficient (Wildman–Crippen LogP) is 3.07. The number of pyridine rings is 1. The van der Waals surface area contributed by atoms with Crippen molar-refractivity contribution in [3.8, 4) is 0 Å². The largest absolute Gasteiger partial charge is 0.367 e. The summed E-state index contributed by atoms with van der Waals surface area (Å²) in [5.41, 5.74) is 2.22. The van der Waals surface area contributed by atoms with Gasteiger partial charge in [0.05, 0.1) is 16.8 Å². The highest BCUT2D eigenvalue weighted by Gasteiger charge is 2.21. The van der Waals surface area contributed by atoms with Crippen molar-refractivity contribution < 1.29 is 8.42 Å². The van der Waals surface area contributed by atoms with Crippen molar-refractivity contribution in [2.75, 3.05) is 10.0 Å². The number of hydrogen-bond donors (Lipinski definition) is 2. The van der Waals surface area contributed by atoms with Crippen LogP contribution in [0.15, 0.2) is 41.4 Å². The topological polar surface area (TPSA) is 71.1 Å². The van der Waals surface area contributed by atoms with Gasteiger partial charge in [-0.1, -0.05) is 17.7 Å². The van der Waals surface area contributed by atoms with E-state index in [4.69, 9.17) is 0 Å². The van der Waals surface area contributed by atoms with Crippen LogP contribution < -0.4 is 10.0 Å². The van der Waals surface area contributed by atoms with Crippen LogP contribution in [0.25, 0.3) is 0 Å². The van der Waals surface area contributed by atoms with E-state index in [1.807, 2.05) is 13.0 Å². The molecule has 0 radical (unpaired) electrons. The molecule has 1 aliphatic carbocycles. The Morgan fingerprint density at radius 1 is 1.14 bits per heavy atom. The lowest BCUT2D eigenvalue weighted by molar-refractivity contribution is 0.600. The minimum Gasteiger partial charge on any atom is -0.367 e. The van der Waals surface area contributed by atoms with Crippen LogP contribution in [0, 0.1) is 13.8 Å². The van der Waals surface area contributed by atoms with Crippen LogP contribution in [0.5, 0.6) is 0 Å². The summed E-state index contributed by atoms with van der Waals surface area (Å²) in [6.07, 6.45) is 3.87. The monoisotopic (exact) mass is 317 g/mol. The summed E-state index contributed by atoms with van der Waals surface area (Å²) in [6.45, 7) is 3.73. The van der Waals surface area contributed by atoms with Crippen molar-refractivity contribution in [3.05, 3.63) is 47.7 Å². The first-order valence-electron chi connectivity index (χ1n) is 7.27. The van der Waals surface area contributed by atoms with E-state index in [2.05, 4.69) is 15.0 Å². The molecule has 1 aromatic carbocycles. The minimum absolute atomic E-state index is 0.290. The van der Waals surface area contributed by atoms with E-state index in [1.165, 1.54) is 19.0 Å². The molecule has 1 saturated carbocycles. The molecule has 5 nitrogen and oxygen atoms in total. The first kappa shape index (κ1) is 14.8. The van der Waals surface area contributed by atoms with Gasteiger partial charge in [0.2, 0.25) is 0 Å². The molecule has 0 aliphatic heterocycles. The van der Waals surface area contributed by atoms with Crippen LogP contribution in [0.1, 0.15) is 24.0 Å². The normalized spacial score (nSPS) is 14.6. The number of nitrogens with zero attached hydrogens (tertiary/aromatic N) is 1. The van der Waals surface area contributed by atoms with Gasteiger partial charge in [-0.05, 0) is 50.5 Å². The van der Waals surface area contributed by atoms with Crippen molar-refractivity contribution in [2.24, 2.45) is 0 Å². The zero-order valence-corrected chi connectivity index (χ0v) is 13.4. The number of aryl methyl sites for hydroxylation is 2. The Morgan fingerprint density at radius 3 is 2.50 bits per heavy atom. The molecule has 0 spiro atoms. The first-order valence-corrected chi connectivity index (χ1v) is 8.75. The fraction of sp³-hybridized carbons (Fsp3) is 0.312. The van der Waals surface area contributed by atoms with Gasteiger partial charge < -0.3 is 5.32 Å². The third-order valence-corrected chi connectivity index (χ3v) is 5.11. The molecule has 6 heteroatoms. The SMILES string of the molecule is Cc1ccc(S(=O)(=O)Nc2ccc(NC3CC3)nc2)c(C)c1. The van der Waals surface area contributed by atoms with Gasteiger partial charge in [-0.2, -0.15) is 0 Å². The van der Waals surface area contributed by atoms with E-state index in [0.717, 1.165) is 16.9 Å². The van der Waals surface area contributed by atoms with Crippen molar-refractivity contribution >= 4 is 21.5 Å². The van der Waals surface area contributed by atoms with Crippen LogP contribution >= 0.6 is 0 Å². The van der Waals surface area contributed by atoms with E-state index in [1.54, 1.807) is 31.2 Å². The lowest BCUT2D eigenvalue weighted by atomic mass is 10.2. The fourth-order valence-electron chi connectivity index (χ4n) is 2.29. The van der Waals surface area contributed by atoms with E-state index in [0.29, 0.717) is 16.6 Å². The van der Waals surface area contributed by atoms with Crippen LogP contribution in [0.4, 0.5) is 11.5 Å². The Bertz CT molecular complexity index is 782. The Morgan fingerprint density at radius 2 is 1.91 bits per heavy atom. The maximum atomic E-state index is 12.5. The van der Waals surface area contributed by atoms with Crippen molar-refractivity contribution in [1.29, 1.82) is 0 Å². The van der Waals surface area contributed by atoms with Crippen LogP contribution in [0.2, 0.25) is 0 Å². The number of benzene rings is 1. The summed E-state index contributed by atoms with van der Waals surface area (Å²) >= 11 is 0. The van der Waals surface area contributed by atoms with Crippen molar-refractivity contribution in [1.82, 2.24) is 4.98 Å². The molecule has 1 aliphatic rings. The molecule has 0 amide bonds. The molecule has 1 heterocycles. The van der Waals surface area contributed by atoms with Crippen LogP contribution in [0.3, 0.4) is 0 Å². The van der Waals surface area contributed by atoms with E-state index < -0.39 is 10.0 Å². The summed E-state index contributed by atoms with van der Waals surface area (Å²) in [6, 6.07) is 9.31. The summed E-state index contributed by atoms with van der Waals surface area (Å²) in [5, 5.41) is 3.26. The minimum atomic E-state index is -3.59. The van der Waals surface area contributed by atoms with Gasteiger partial charge in [-0.3, -0.25) is 4.72 Å². The highest BCUT2D eigenvalue weighted by molar-refractivity contribution is 7.92. The number of nitrogens with one attached hydrogen (secondary N) is 2. The second-order valence-corrected chi connectivity index (χ2v) is 7.38. The van der Waals surface area contributed by atoms with Crippen LogP contribution in [-0.2, 0) is 10.0 Å². The molecule has 0 unspecified atom stereocenters. The lowest BCUT2D eigenvalue weighted by Crippen LogP contribution is -2.14. The van der Waals surface area contributed by atoms with E-state index in [9.17, 15) is 8.42 Å². The number of aromatic nitrogens is 1. The highest BCUT2D eigenvalue weighted by atomic mass is 32.2. The van der Waals surface area contributed by atoms with Gasteiger partial charge >= 0.3 is 0 Å². The van der Waals surface area contributed by atoms with Gasteiger partial charge in [0.1, 0.15) is 5.82 Å². The van der Waals surface area contributed by atoms with Gasteiger partial charge in [0.15, 0.2) is 0 Å². The van der Waals surface area contributed by atoms with Crippen LogP contribution in [-0.4, -0.2) is 19.4 Å². The molecule has 1 aromatic heterocycles. The second-order valence-electron chi connectivity index (χ2n) is 5.73. The molecule has 116 valence electrons. The number of rotatable bonds is 5. The Labute approximate surface area is 130 Å². The van der Waals surface area contributed by atoms with E-state index in [-0.39, 0.29) is 0 Å². The third kappa shape index (κ3) is 3.39. The number of hydrogen-bond acceptors (Lipinski definition) is 4. The summed E-state index contributed by atoms with van der Waals surface area (Å²) in [4.78, 5) is 4.53. The smallest absolute Gasteiger partial charge is 0.262 e. The van der Waals surface area contributed by atoms with Gasteiger partial charge in [-0.15, -0.1) is 0 Å². The lowest BCUT2D eigenvalue weighted by Gasteiger charge is -2.11. The fourth-order valence-corrected chi connectivity index (χ4v) is 3.56. The molecule has 2 N–H and O–H groups in total. The Hall–Kier alpha value is -2.08. The zero-order valence-electron chi connectivity index (χ0n) is 12.6. The Balaban J connectivity index is 1.78. The molecule has 0 bridgehead atoms. The molecule has 0 saturated heterocycles. The maximum Gasteiger partial charge on any atom is 0.262 e. The second kappa shape index (κ2) is 5.61. The standard InChI is InChI=1S/C16H19N3O2S/c1-11-3-7-15(12(2)9-11)22(20,21)19-14-6-8-16(17-10-14)18-13-4-5-13/h3,6-10,13,19H,4-5H2,1-2H3,(H,17,18). The number of sulfonamides is 1. The molecular formula is C16H19N3O2S. The molecule has 0 atom stereocenters. The average Bonchev–Trinajstić information content (AvgIpc) is 3.24. The summed E-state index contributed by atoms with van der Waals surface area (Å²) < 4.78 is 27.5. The van der Waals surface area contributed by atoms with Gasteiger partial charge in [-0.25, -0.2) is 13.4 Å². The average molecular weight is 317 g/mol. The quantitative estimate of drug-likeness (QED) is 0.889. The maximum absolute atomic E-state index is 12.5. The molecule has 1 fully saturated rings. The summed E-state index contributed by atoms with van der Waals surface area (Å²) in [7, 11) is -3.59. The van der Waals surface area contributed by atoms with Gasteiger partial charge in [0, 0.05) is 6.04 Å². The molecule has 2 aromatic rings. The highest BCUT2D eigenvalue weighted by Crippen LogP contribution is 2.25. The molecule has 3 rings (SSSR count). The Kier molecular flexibility index (Phi) is 3.78. The predicted molar refractivity (Wildman–Crippen MR) is 87.6 cm³/mol. The third-order valence-electron chi connectivity index (χ3n) is 3.57. The van der Waals surface area contributed by atoms with E-state index >= 15 is 0 Å². The van der Waals surface area contributed by atoms with Crippen molar-refractivity contribution in [3.63, 3.8) is 0 Å². The van der Waals surface area contributed by atoms with Gasteiger partial charge in [0.25, 0.3) is 10.0 Å². The molecular weight excluding hydrogens is 298 g/mol. The summed E-state index contributed by atoms with van der Waals surface area (Å²) in [5.74, 6) is 0.775. The van der Waals surface area contributed by atoms with Crippen molar-refractivity contribution in [2.45, 2.75) is 37.6 Å².